The summed E-state index contributed by atoms with van der Waals surface area (Å²) in [5, 5.41) is 9.33. The van der Waals surface area contributed by atoms with Gasteiger partial charge in [0, 0.05) is 29.9 Å². The summed E-state index contributed by atoms with van der Waals surface area (Å²) in [4.78, 5) is 13.5. The summed E-state index contributed by atoms with van der Waals surface area (Å²) in [6.45, 7) is 5.69. The number of aryl methyl sites for hydroxylation is 1. The van der Waals surface area contributed by atoms with Crippen LogP contribution in [0.1, 0.15) is 72.1 Å². The maximum absolute atomic E-state index is 13.9. The molecule has 0 saturated carbocycles. The SMILES string of the molecule is CCCCCCN(Cc1ccc(C#Cc2ccc(CC)cc2)cc1)c1ccc(F)c(C(=O)O)c1. The molecule has 3 aromatic carbocycles. The van der Waals surface area contributed by atoms with E-state index in [9.17, 15) is 14.3 Å². The average Bonchev–Trinajstić information content (AvgIpc) is 2.86. The molecule has 3 aromatic rings. The summed E-state index contributed by atoms with van der Waals surface area (Å²) in [5.74, 6) is 4.46. The summed E-state index contributed by atoms with van der Waals surface area (Å²) in [5.41, 5.74) is 4.74. The molecule has 0 spiro atoms. The molecule has 3 rings (SSSR count). The van der Waals surface area contributed by atoms with Crippen LogP contribution in [0, 0.1) is 17.7 Å². The minimum Gasteiger partial charge on any atom is -0.478 e. The Kier molecular flexibility index (Phi) is 9.29. The van der Waals surface area contributed by atoms with Crippen molar-refractivity contribution >= 4 is 11.7 Å². The van der Waals surface area contributed by atoms with E-state index in [4.69, 9.17) is 0 Å². The van der Waals surface area contributed by atoms with Crippen molar-refractivity contribution in [1.82, 2.24) is 0 Å². The van der Waals surface area contributed by atoms with Gasteiger partial charge in [-0.2, -0.15) is 0 Å². The molecule has 0 heterocycles. The van der Waals surface area contributed by atoms with Gasteiger partial charge in [0.05, 0.1) is 5.56 Å². The predicted octanol–water partition coefficient (Wildman–Crippen LogP) is 7.07. The number of rotatable bonds is 10. The first-order valence-corrected chi connectivity index (χ1v) is 12.0. The van der Waals surface area contributed by atoms with Crippen LogP contribution in [0.15, 0.2) is 66.7 Å². The normalized spacial score (nSPS) is 10.4. The van der Waals surface area contributed by atoms with Gasteiger partial charge in [0.1, 0.15) is 5.82 Å². The Morgan fingerprint density at radius 2 is 1.47 bits per heavy atom. The molecule has 0 aromatic heterocycles. The van der Waals surface area contributed by atoms with Gasteiger partial charge in [-0.15, -0.1) is 0 Å². The predicted molar refractivity (Wildman–Crippen MR) is 137 cm³/mol. The van der Waals surface area contributed by atoms with Crippen LogP contribution in [-0.4, -0.2) is 17.6 Å². The topological polar surface area (TPSA) is 40.5 Å². The van der Waals surface area contributed by atoms with E-state index in [1.54, 1.807) is 6.07 Å². The van der Waals surface area contributed by atoms with Crippen molar-refractivity contribution in [1.29, 1.82) is 0 Å². The molecular weight excluding hydrogens is 425 g/mol. The largest absolute Gasteiger partial charge is 0.478 e. The molecule has 0 aliphatic rings. The van der Waals surface area contributed by atoms with Crippen molar-refractivity contribution in [2.75, 3.05) is 11.4 Å². The minimum absolute atomic E-state index is 0.298. The Bertz CT molecular complexity index is 1140. The second-order valence-electron chi connectivity index (χ2n) is 8.45. The molecule has 4 heteroatoms. The minimum atomic E-state index is -1.25. The number of anilines is 1. The number of carboxylic acids is 1. The summed E-state index contributed by atoms with van der Waals surface area (Å²) >= 11 is 0. The zero-order valence-corrected chi connectivity index (χ0v) is 20.0. The van der Waals surface area contributed by atoms with Gasteiger partial charge in [-0.05, 0) is 66.4 Å². The molecule has 0 atom stereocenters. The number of nitrogens with zero attached hydrogens (tertiary/aromatic N) is 1. The highest BCUT2D eigenvalue weighted by Crippen LogP contribution is 2.22. The van der Waals surface area contributed by atoms with Crippen molar-refractivity contribution in [3.63, 3.8) is 0 Å². The summed E-state index contributed by atoms with van der Waals surface area (Å²) in [6.07, 6.45) is 5.42. The molecule has 0 fully saturated rings. The Labute approximate surface area is 202 Å². The van der Waals surface area contributed by atoms with Gasteiger partial charge in [0.25, 0.3) is 0 Å². The highest BCUT2D eigenvalue weighted by atomic mass is 19.1. The number of carboxylic acid groups (broad SMARTS) is 1. The van der Waals surface area contributed by atoms with Gasteiger partial charge in [-0.3, -0.25) is 0 Å². The Morgan fingerprint density at radius 1 is 0.853 bits per heavy atom. The van der Waals surface area contributed by atoms with Crippen LogP contribution >= 0.6 is 0 Å². The lowest BCUT2D eigenvalue weighted by atomic mass is 10.1. The number of unbranched alkanes of at least 4 members (excludes halogenated alkanes) is 3. The van der Waals surface area contributed by atoms with Gasteiger partial charge in [0.2, 0.25) is 0 Å². The van der Waals surface area contributed by atoms with E-state index in [0.717, 1.165) is 61.0 Å². The van der Waals surface area contributed by atoms with E-state index in [0.29, 0.717) is 6.54 Å². The lowest BCUT2D eigenvalue weighted by Gasteiger charge is -2.25. The quantitative estimate of drug-likeness (QED) is 0.261. The van der Waals surface area contributed by atoms with E-state index in [1.165, 1.54) is 17.7 Å². The van der Waals surface area contributed by atoms with Crippen molar-refractivity contribution < 1.29 is 14.3 Å². The molecule has 0 radical (unpaired) electrons. The molecule has 176 valence electrons. The summed E-state index contributed by atoms with van der Waals surface area (Å²) in [6, 6.07) is 20.7. The molecule has 0 amide bonds. The number of benzene rings is 3. The van der Waals surface area contributed by atoms with E-state index < -0.39 is 11.8 Å². The molecular formula is C30H32FNO2. The van der Waals surface area contributed by atoms with Crippen LogP contribution < -0.4 is 4.90 Å². The van der Waals surface area contributed by atoms with E-state index in [-0.39, 0.29) is 5.56 Å². The fraction of sp³-hybridized carbons (Fsp3) is 0.300. The second kappa shape index (κ2) is 12.6. The molecule has 0 saturated heterocycles. The van der Waals surface area contributed by atoms with Crippen LogP contribution in [0.2, 0.25) is 0 Å². The standard InChI is InChI=1S/C30H32FNO2/c1-3-5-6-7-20-32(27-18-19-29(31)28(21-27)30(33)34)22-26-16-14-25(15-17-26)13-12-24-10-8-23(4-2)9-11-24/h8-11,14-19,21H,3-7,20,22H2,1-2H3,(H,33,34). The van der Waals surface area contributed by atoms with Crippen LogP contribution in [0.3, 0.4) is 0 Å². The maximum atomic E-state index is 13.9. The fourth-order valence-corrected chi connectivity index (χ4v) is 3.78. The lowest BCUT2D eigenvalue weighted by Crippen LogP contribution is -2.24. The summed E-state index contributed by atoms with van der Waals surface area (Å²) < 4.78 is 13.9. The summed E-state index contributed by atoms with van der Waals surface area (Å²) in [7, 11) is 0. The number of hydrogen-bond donors (Lipinski definition) is 1. The molecule has 34 heavy (non-hydrogen) atoms. The van der Waals surface area contributed by atoms with E-state index in [1.807, 2.05) is 36.4 Å². The number of hydrogen-bond acceptors (Lipinski definition) is 2. The highest BCUT2D eigenvalue weighted by molar-refractivity contribution is 5.89. The Hall–Kier alpha value is -3.58. The van der Waals surface area contributed by atoms with Gasteiger partial charge >= 0.3 is 5.97 Å². The van der Waals surface area contributed by atoms with Gasteiger partial charge < -0.3 is 10.0 Å². The van der Waals surface area contributed by atoms with Crippen LogP contribution in [0.25, 0.3) is 0 Å². The first-order chi connectivity index (χ1) is 16.5. The molecule has 0 aliphatic carbocycles. The fourth-order valence-electron chi connectivity index (χ4n) is 3.78. The van der Waals surface area contributed by atoms with Crippen molar-refractivity contribution in [2.24, 2.45) is 0 Å². The Morgan fingerprint density at radius 3 is 2.03 bits per heavy atom. The van der Waals surface area contributed by atoms with Crippen LogP contribution in [-0.2, 0) is 13.0 Å². The lowest BCUT2D eigenvalue weighted by molar-refractivity contribution is 0.0692. The van der Waals surface area contributed by atoms with Crippen molar-refractivity contribution in [3.8, 4) is 11.8 Å². The first kappa shape index (κ1) is 25.1. The van der Waals surface area contributed by atoms with Crippen molar-refractivity contribution in [2.45, 2.75) is 52.5 Å². The smallest absolute Gasteiger partial charge is 0.338 e. The van der Waals surface area contributed by atoms with E-state index in [2.05, 4.69) is 42.7 Å². The molecule has 1 N–H and O–H groups in total. The Balaban J connectivity index is 1.75. The van der Waals surface area contributed by atoms with Crippen molar-refractivity contribution in [3.05, 3.63) is 100 Å². The van der Waals surface area contributed by atoms with Gasteiger partial charge in [-0.1, -0.05) is 69.2 Å². The number of carbonyl (C=O) groups is 1. The number of aromatic carboxylic acids is 1. The van der Waals surface area contributed by atoms with Gasteiger partial charge in [-0.25, -0.2) is 9.18 Å². The molecule has 0 bridgehead atoms. The average molecular weight is 458 g/mol. The molecule has 0 aliphatic heterocycles. The molecule has 0 unspecified atom stereocenters. The monoisotopic (exact) mass is 457 g/mol. The zero-order chi connectivity index (χ0) is 24.3. The molecule has 3 nitrogen and oxygen atoms in total. The van der Waals surface area contributed by atoms with Crippen LogP contribution in [0.5, 0.6) is 0 Å². The third-order valence-electron chi connectivity index (χ3n) is 5.87. The van der Waals surface area contributed by atoms with E-state index >= 15 is 0 Å². The second-order valence-corrected chi connectivity index (χ2v) is 8.45. The third kappa shape index (κ3) is 7.22. The number of halogens is 1. The zero-order valence-electron chi connectivity index (χ0n) is 20.0. The van der Waals surface area contributed by atoms with Gasteiger partial charge in [0.15, 0.2) is 0 Å². The maximum Gasteiger partial charge on any atom is 0.338 e. The first-order valence-electron chi connectivity index (χ1n) is 12.0. The highest BCUT2D eigenvalue weighted by Gasteiger charge is 2.15. The third-order valence-corrected chi connectivity index (χ3v) is 5.87. The van der Waals surface area contributed by atoms with Crippen LogP contribution in [0.4, 0.5) is 10.1 Å².